The first-order valence-electron chi connectivity index (χ1n) is 13.4. The maximum Gasteiger partial charge on any atom is 0.235 e. The SMILES string of the molecule is N#Cc1cccc(-c2cc(-c3ccccc3)nc(N3c4ccccc4-c4nc5ccccc5c5cccc3c45)n2)c1. The number of pyridine rings is 1. The standard InChI is InChI=1S/C36H21N5/c37-22-23-10-8-13-25(20-23)31-21-30(24-11-2-1-3-12-24)39-36(40-31)41-32-18-7-5-15-28(32)35-34-27(16-9-19-33(34)41)26-14-4-6-17-29(26)38-35/h1-21H. The first-order valence-corrected chi connectivity index (χ1v) is 13.4. The lowest BCUT2D eigenvalue weighted by molar-refractivity contribution is 1.09. The van der Waals surface area contributed by atoms with Gasteiger partial charge in [-0.2, -0.15) is 5.26 Å². The van der Waals surface area contributed by atoms with E-state index in [1.165, 1.54) is 0 Å². The van der Waals surface area contributed by atoms with Gasteiger partial charge >= 0.3 is 0 Å². The third kappa shape index (κ3) is 3.66. The Labute approximate surface area is 236 Å². The van der Waals surface area contributed by atoms with Crippen LogP contribution in [-0.4, -0.2) is 15.0 Å². The molecule has 0 atom stereocenters. The van der Waals surface area contributed by atoms with E-state index in [1.807, 2.05) is 60.7 Å². The van der Waals surface area contributed by atoms with E-state index in [9.17, 15) is 5.26 Å². The number of benzene rings is 5. The summed E-state index contributed by atoms with van der Waals surface area (Å²) in [6, 6.07) is 44.9. The lowest BCUT2D eigenvalue weighted by Crippen LogP contribution is -2.18. The van der Waals surface area contributed by atoms with Crippen LogP contribution in [0.25, 0.3) is 55.4 Å². The zero-order valence-corrected chi connectivity index (χ0v) is 21.9. The van der Waals surface area contributed by atoms with E-state index in [0.29, 0.717) is 11.5 Å². The van der Waals surface area contributed by atoms with E-state index in [2.05, 4.69) is 71.6 Å². The number of hydrogen-bond donors (Lipinski definition) is 0. The maximum atomic E-state index is 9.57. The van der Waals surface area contributed by atoms with Gasteiger partial charge in [0.2, 0.25) is 5.95 Å². The Morgan fingerprint density at radius 2 is 1.24 bits per heavy atom. The molecule has 190 valence electrons. The molecule has 7 aromatic rings. The predicted molar refractivity (Wildman–Crippen MR) is 164 cm³/mol. The van der Waals surface area contributed by atoms with E-state index in [1.54, 1.807) is 6.07 Å². The average Bonchev–Trinajstić information content (AvgIpc) is 3.05. The summed E-state index contributed by atoms with van der Waals surface area (Å²) in [5.41, 5.74) is 8.91. The molecule has 2 aromatic heterocycles. The maximum absolute atomic E-state index is 9.57. The number of nitriles is 1. The zero-order valence-electron chi connectivity index (χ0n) is 21.9. The van der Waals surface area contributed by atoms with Crippen LogP contribution in [0, 0.1) is 11.3 Å². The monoisotopic (exact) mass is 523 g/mol. The van der Waals surface area contributed by atoms with Crippen molar-refractivity contribution in [1.29, 1.82) is 5.26 Å². The van der Waals surface area contributed by atoms with Crippen molar-refractivity contribution in [3.63, 3.8) is 0 Å². The van der Waals surface area contributed by atoms with Gasteiger partial charge in [0.25, 0.3) is 0 Å². The molecule has 0 saturated carbocycles. The number of para-hydroxylation sites is 2. The van der Waals surface area contributed by atoms with Crippen LogP contribution in [0.1, 0.15) is 5.56 Å². The van der Waals surface area contributed by atoms with E-state index < -0.39 is 0 Å². The van der Waals surface area contributed by atoms with Gasteiger partial charge in [0.1, 0.15) is 0 Å². The second-order valence-corrected chi connectivity index (χ2v) is 10.0. The Morgan fingerprint density at radius 3 is 2.12 bits per heavy atom. The van der Waals surface area contributed by atoms with Crippen LogP contribution < -0.4 is 4.90 Å². The molecule has 5 heteroatoms. The van der Waals surface area contributed by atoms with Crippen LogP contribution in [0.5, 0.6) is 0 Å². The van der Waals surface area contributed by atoms with Crippen molar-refractivity contribution in [2.24, 2.45) is 0 Å². The summed E-state index contributed by atoms with van der Waals surface area (Å²) in [7, 11) is 0. The Morgan fingerprint density at radius 1 is 0.561 bits per heavy atom. The summed E-state index contributed by atoms with van der Waals surface area (Å²) in [5, 5.41) is 12.9. The highest BCUT2D eigenvalue weighted by atomic mass is 15.3. The van der Waals surface area contributed by atoms with Crippen molar-refractivity contribution in [3.05, 3.63) is 133 Å². The largest absolute Gasteiger partial charge is 0.278 e. The van der Waals surface area contributed by atoms with Gasteiger partial charge in [-0.3, -0.25) is 4.90 Å². The molecule has 0 aliphatic carbocycles. The molecule has 5 aromatic carbocycles. The average molecular weight is 524 g/mol. The molecule has 0 saturated heterocycles. The van der Waals surface area contributed by atoms with Gasteiger partial charge in [-0.25, -0.2) is 15.0 Å². The van der Waals surface area contributed by atoms with Crippen LogP contribution in [0.15, 0.2) is 127 Å². The Balaban J connectivity index is 1.45. The Hall–Kier alpha value is -5.86. The summed E-state index contributed by atoms with van der Waals surface area (Å²) in [6.07, 6.45) is 0. The van der Waals surface area contributed by atoms with Crippen LogP contribution in [-0.2, 0) is 0 Å². The normalized spacial score (nSPS) is 11.8. The molecule has 0 spiro atoms. The lowest BCUT2D eigenvalue weighted by Gasteiger charge is -2.32. The molecule has 1 aliphatic rings. The Bertz CT molecular complexity index is 2180. The second-order valence-electron chi connectivity index (χ2n) is 10.0. The summed E-state index contributed by atoms with van der Waals surface area (Å²) >= 11 is 0. The van der Waals surface area contributed by atoms with Crippen LogP contribution in [0.4, 0.5) is 17.3 Å². The predicted octanol–water partition coefficient (Wildman–Crippen LogP) is 8.83. The molecular weight excluding hydrogens is 502 g/mol. The summed E-state index contributed by atoms with van der Waals surface area (Å²) < 4.78 is 0. The highest BCUT2D eigenvalue weighted by Gasteiger charge is 2.29. The van der Waals surface area contributed by atoms with E-state index in [-0.39, 0.29) is 0 Å². The highest BCUT2D eigenvalue weighted by molar-refractivity contribution is 6.19. The molecule has 3 heterocycles. The number of nitrogens with zero attached hydrogens (tertiary/aromatic N) is 5. The number of aromatic nitrogens is 3. The number of rotatable bonds is 3. The van der Waals surface area contributed by atoms with Gasteiger partial charge in [0.15, 0.2) is 0 Å². The summed E-state index contributed by atoms with van der Waals surface area (Å²) in [4.78, 5) is 17.6. The fourth-order valence-corrected chi connectivity index (χ4v) is 5.77. The lowest BCUT2D eigenvalue weighted by atomic mass is 9.93. The quantitative estimate of drug-likeness (QED) is 0.216. The van der Waals surface area contributed by atoms with Crippen LogP contribution in [0.3, 0.4) is 0 Å². The fourth-order valence-electron chi connectivity index (χ4n) is 5.77. The van der Waals surface area contributed by atoms with Gasteiger partial charge in [-0.05, 0) is 41.8 Å². The Kier molecular flexibility index (Phi) is 5.13. The van der Waals surface area contributed by atoms with Crippen molar-refractivity contribution in [2.45, 2.75) is 0 Å². The van der Waals surface area contributed by atoms with E-state index in [0.717, 1.165) is 66.8 Å². The molecule has 0 amide bonds. The van der Waals surface area contributed by atoms with Crippen molar-refractivity contribution in [1.82, 2.24) is 15.0 Å². The van der Waals surface area contributed by atoms with Gasteiger partial charge in [-0.1, -0.05) is 91.0 Å². The minimum absolute atomic E-state index is 0.558. The molecule has 41 heavy (non-hydrogen) atoms. The summed E-state index contributed by atoms with van der Waals surface area (Å²) in [5.74, 6) is 0.558. The third-order valence-electron chi connectivity index (χ3n) is 7.62. The number of anilines is 3. The molecule has 0 fully saturated rings. The molecule has 0 N–H and O–H groups in total. The number of fused-ring (bicyclic) bond motifs is 4. The highest BCUT2D eigenvalue weighted by Crippen LogP contribution is 2.50. The van der Waals surface area contributed by atoms with Crippen molar-refractivity contribution >= 4 is 39.0 Å². The molecule has 0 unspecified atom stereocenters. The van der Waals surface area contributed by atoms with Gasteiger partial charge in [0.05, 0.1) is 45.6 Å². The molecule has 0 bridgehead atoms. The molecule has 0 radical (unpaired) electrons. The van der Waals surface area contributed by atoms with E-state index in [4.69, 9.17) is 15.0 Å². The zero-order chi connectivity index (χ0) is 27.3. The van der Waals surface area contributed by atoms with Crippen LogP contribution >= 0.6 is 0 Å². The van der Waals surface area contributed by atoms with Crippen molar-refractivity contribution in [2.75, 3.05) is 4.90 Å². The van der Waals surface area contributed by atoms with E-state index >= 15 is 0 Å². The van der Waals surface area contributed by atoms with Gasteiger partial charge in [-0.15, -0.1) is 0 Å². The summed E-state index contributed by atoms with van der Waals surface area (Å²) in [6.45, 7) is 0. The molecule has 5 nitrogen and oxygen atoms in total. The smallest absolute Gasteiger partial charge is 0.235 e. The van der Waals surface area contributed by atoms with Crippen LogP contribution in [0.2, 0.25) is 0 Å². The number of hydrogen-bond acceptors (Lipinski definition) is 5. The van der Waals surface area contributed by atoms with Crippen molar-refractivity contribution < 1.29 is 0 Å². The fraction of sp³-hybridized carbons (Fsp3) is 0. The van der Waals surface area contributed by atoms with Gasteiger partial charge < -0.3 is 0 Å². The molecule has 1 aliphatic heterocycles. The van der Waals surface area contributed by atoms with Gasteiger partial charge in [0, 0.05) is 27.5 Å². The topological polar surface area (TPSA) is 65.7 Å². The second kappa shape index (κ2) is 9.11. The molecular formula is C36H21N5. The van der Waals surface area contributed by atoms with Crippen molar-refractivity contribution in [3.8, 4) is 39.8 Å². The minimum atomic E-state index is 0.558. The third-order valence-corrected chi connectivity index (χ3v) is 7.62. The minimum Gasteiger partial charge on any atom is -0.278 e. The molecule has 8 rings (SSSR count). The first kappa shape index (κ1) is 23.1. The first-order chi connectivity index (χ1) is 20.3.